The first-order valence-electron chi connectivity index (χ1n) is 6.67. The number of hydrogen-bond donors (Lipinski definition) is 0. The minimum absolute atomic E-state index is 0.140. The molecule has 3 heteroatoms. The van der Waals surface area contributed by atoms with E-state index in [-0.39, 0.29) is 5.82 Å². The Kier molecular flexibility index (Phi) is 6.87. The van der Waals surface area contributed by atoms with Crippen LogP contribution in [0.1, 0.15) is 37.8 Å². The van der Waals surface area contributed by atoms with Gasteiger partial charge in [-0.3, -0.25) is 4.90 Å². The van der Waals surface area contributed by atoms with Gasteiger partial charge in [0.2, 0.25) is 0 Å². The Bertz CT molecular complexity index is 364. The van der Waals surface area contributed by atoms with Crippen molar-refractivity contribution in [2.24, 2.45) is 0 Å². The molecule has 102 valence electrons. The minimum Gasteiger partial charge on any atom is -0.295 e. The molecule has 0 amide bonds. The van der Waals surface area contributed by atoms with Crippen LogP contribution in [0.25, 0.3) is 0 Å². The molecular weight excluding hydrogens is 293 g/mol. The third-order valence-electron chi connectivity index (χ3n) is 3.52. The van der Waals surface area contributed by atoms with E-state index < -0.39 is 0 Å². The van der Waals surface area contributed by atoms with Crippen molar-refractivity contribution >= 4 is 15.9 Å². The van der Waals surface area contributed by atoms with Crippen molar-refractivity contribution in [3.8, 4) is 0 Å². The van der Waals surface area contributed by atoms with Crippen LogP contribution in [-0.2, 0) is 6.54 Å². The summed E-state index contributed by atoms with van der Waals surface area (Å²) in [6.07, 6.45) is 2.27. The molecule has 1 rings (SSSR count). The molecule has 0 fully saturated rings. The molecule has 18 heavy (non-hydrogen) atoms. The molecule has 0 aliphatic rings. The molecule has 0 saturated carbocycles. The fraction of sp³-hybridized carbons (Fsp3) is 0.600. The van der Waals surface area contributed by atoms with Gasteiger partial charge in [-0.15, -0.1) is 0 Å². The third-order valence-corrected chi connectivity index (χ3v) is 3.87. The molecule has 0 saturated heterocycles. The van der Waals surface area contributed by atoms with Gasteiger partial charge in [0, 0.05) is 24.5 Å². The molecular formula is C15H23BrFN. The minimum atomic E-state index is -0.140. The van der Waals surface area contributed by atoms with Crippen molar-refractivity contribution < 1.29 is 4.39 Å². The van der Waals surface area contributed by atoms with Gasteiger partial charge < -0.3 is 0 Å². The van der Waals surface area contributed by atoms with Gasteiger partial charge in [-0.1, -0.05) is 35.8 Å². The first-order valence-corrected chi connectivity index (χ1v) is 7.79. The predicted molar refractivity (Wildman–Crippen MR) is 79.7 cm³/mol. The monoisotopic (exact) mass is 315 g/mol. The van der Waals surface area contributed by atoms with Crippen LogP contribution >= 0.6 is 15.9 Å². The van der Waals surface area contributed by atoms with E-state index in [0.717, 1.165) is 36.8 Å². The summed E-state index contributed by atoms with van der Waals surface area (Å²) in [4.78, 5) is 2.44. The first-order chi connectivity index (χ1) is 8.62. The quantitative estimate of drug-likeness (QED) is 0.669. The van der Waals surface area contributed by atoms with E-state index in [1.807, 2.05) is 13.0 Å². The second-order valence-electron chi connectivity index (χ2n) is 4.70. The smallest absolute Gasteiger partial charge is 0.123 e. The molecule has 0 unspecified atom stereocenters. The molecule has 1 nitrogen and oxygen atoms in total. The van der Waals surface area contributed by atoms with Gasteiger partial charge >= 0.3 is 0 Å². The molecule has 0 heterocycles. The highest BCUT2D eigenvalue weighted by Crippen LogP contribution is 2.17. The molecule has 0 radical (unpaired) electrons. The van der Waals surface area contributed by atoms with Crippen LogP contribution in [0.15, 0.2) is 18.2 Å². The number of aryl methyl sites for hydroxylation is 1. The molecule has 1 aromatic rings. The number of alkyl halides is 1. The van der Waals surface area contributed by atoms with Crippen LogP contribution in [0.5, 0.6) is 0 Å². The van der Waals surface area contributed by atoms with E-state index in [1.54, 1.807) is 6.07 Å². The number of hydrogen-bond acceptors (Lipinski definition) is 1. The summed E-state index contributed by atoms with van der Waals surface area (Å²) in [6.45, 7) is 8.32. The SMILES string of the molecule is CCC(CC)N(CCBr)Cc1cc(F)ccc1C. The molecule has 0 spiro atoms. The molecule has 0 aliphatic heterocycles. The van der Waals surface area contributed by atoms with Crippen LogP contribution in [-0.4, -0.2) is 22.8 Å². The van der Waals surface area contributed by atoms with Gasteiger partial charge in [-0.2, -0.15) is 0 Å². The van der Waals surface area contributed by atoms with Crippen LogP contribution in [0, 0.1) is 12.7 Å². The number of nitrogens with zero attached hydrogens (tertiary/aromatic N) is 1. The second-order valence-corrected chi connectivity index (χ2v) is 5.49. The third kappa shape index (κ3) is 4.36. The average molecular weight is 316 g/mol. The number of rotatable bonds is 7. The summed E-state index contributed by atoms with van der Waals surface area (Å²) in [5.74, 6) is -0.140. The van der Waals surface area contributed by atoms with Crippen molar-refractivity contribution in [2.45, 2.75) is 46.2 Å². The Labute approximate surface area is 119 Å². The maximum Gasteiger partial charge on any atom is 0.123 e. The lowest BCUT2D eigenvalue weighted by molar-refractivity contribution is 0.188. The van der Waals surface area contributed by atoms with Crippen molar-refractivity contribution in [3.05, 3.63) is 35.1 Å². The zero-order valence-electron chi connectivity index (χ0n) is 11.5. The number of benzene rings is 1. The van der Waals surface area contributed by atoms with Gasteiger partial charge in [0.05, 0.1) is 0 Å². The Hall–Kier alpha value is -0.410. The Morgan fingerprint density at radius 3 is 2.50 bits per heavy atom. The zero-order valence-corrected chi connectivity index (χ0v) is 13.1. The van der Waals surface area contributed by atoms with E-state index >= 15 is 0 Å². The molecule has 0 N–H and O–H groups in total. The van der Waals surface area contributed by atoms with E-state index in [4.69, 9.17) is 0 Å². The van der Waals surface area contributed by atoms with E-state index in [9.17, 15) is 4.39 Å². The fourth-order valence-electron chi connectivity index (χ4n) is 2.33. The standard InChI is InChI=1S/C15H23BrFN/c1-4-15(5-2)18(9-8-16)11-13-10-14(17)7-6-12(13)3/h6-7,10,15H,4-5,8-9,11H2,1-3H3. The molecule has 0 atom stereocenters. The highest BCUT2D eigenvalue weighted by atomic mass is 79.9. The normalized spacial score (nSPS) is 11.5. The van der Waals surface area contributed by atoms with Crippen molar-refractivity contribution in [1.29, 1.82) is 0 Å². The summed E-state index contributed by atoms with van der Waals surface area (Å²) < 4.78 is 13.3. The highest BCUT2D eigenvalue weighted by molar-refractivity contribution is 9.09. The van der Waals surface area contributed by atoms with Crippen molar-refractivity contribution in [1.82, 2.24) is 4.90 Å². The van der Waals surface area contributed by atoms with E-state index in [2.05, 4.69) is 34.7 Å². The maximum atomic E-state index is 13.3. The van der Waals surface area contributed by atoms with E-state index in [1.165, 1.54) is 11.6 Å². The summed E-state index contributed by atoms with van der Waals surface area (Å²) in [6, 6.07) is 5.64. The summed E-state index contributed by atoms with van der Waals surface area (Å²) >= 11 is 3.51. The molecule has 0 bridgehead atoms. The van der Waals surface area contributed by atoms with Crippen LogP contribution in [0.4, 0.5) is 4.39 Å². The van der Waals surface area contributed by atoms with Gasteiger partial charge in [-0.05, 0) is 43.0 Å². The molecule has 0 aromatic heterocycles. The van der Waals surface area contributed by atoms with Crippen molar-refractivity contribution in [3.63, 3.8) is 0 Å². The highest BCUT2D eigenvalue weighted by Gasteiger charge is 2.15. The first kappa shape index (κ1) is 15.6. The van der Waals surface area contributed by atoms with Crippen LogP contribution in [0.3, 0.4) is 0 Å². The molecule has 1 aromatic carbocycles. The lowest BCUT2D eigenvalue weighted by Crippen LogP contribution is -2.35. The lowest BCUT2D eigenvalue weighted by atomic mass is 10.1. The second kappa shape index (κ2) is 7.90. The van der Waals surface area contributed by atoms with Crippen molar-refractivity contribution in [2.75, 3.05) is 11.9 Å². The predicted octanol–water partition coefficient (Wildman–Crippen LogP) is 4.52. The lowest BCUT2D eigenvalue weighted by Gasteiger charge is -2.30. The molecule has 0 aliphatic carbocycles. The van der Waals surface area contributed by atoms with Gasteiger partial charge in [-0.25, -0.2) is 4.39 Å². The number of halogens is 2. The Morgan fingerprint density at radius 1 is 1.28 bits per heavy atom. The average Bonchev–Trinajstić information content (AvgIpc) is 2.35. The van der Waals surface area contributed by atoms with Crippen LogP contribution in [0.2, 0.25) is 0 Å². The maximum absolute atomic E-state index is 13.3. The van der Waals surface area contributed by atoms with E-state index in [0.29, 0.717) is 6.04 Å². The fourth-order valence-corrected chi connectivity index (χ4v) is 2.79. The Morgan fingerprint density at radius 2 is 1.94 bits per heavy atom. The van der Waals surface area contributed by atoms with Gasteiger partial charge in [0.1, 0.15) is 5.82 Å². The van der Waals surface area contributed by atoms with Gasteiger partial charge in [0.25, 0.3) is 0 Å². The topological polar surface area (TPSA) is 3.24 Å². The summed E-state index contributed by atoms with van der Waals surface area (Å²) in [5, 5.41) is 0.956. The largest absolute Gasteiger partial charge is 0.295 e. The summed E-state index contributed by atoms with van der Waals surface area (Å²) in [7, 11) is 0. The Balaban J connectivity index is 2.85. The van der Waals surface area contributed by atoms with Gasteiger partial charge in [0.15, 0.2) is 0 Å². The van der Waals surface area contributed by atoms with Crippen LogP contribution < -0.4 is 0 Å². The summed E-state index contributed by atoms with van der Waals surface area (Å²) in [5.41, 5.74) is 2.27. The zero-order chi connectivity index (χ0) is 13.5.